The summed E-state index contributed by atoms with van der Waals surface area (Å²) in [6, 6.07) is 20.4. The molecule has 0 spiro atoms. The number of aliphatic hydroxyl groups excluding tert-OH is 1. The number of benzene rings is 2. The molecule has 29 heavy (non-hydrogen) atoms. The maximum Gasteiger partial charge on any atom is 0.344 e. The fourth-order valence-electron chi connectivity index (χ4n) is 3.92. The van der Waals surface area contributed by atoms with Gasteiger partial charge in [0.1, 0.15) is 12.2 Å². The van der Waals surface area contributed by atoms with Gasteiger partial charge >= 0.3 is 5.97 Å². The zero-order chi connectivity index (χ0) is 21.2. The fourth-order valence-corrected chi connectivity index (χ4v) is 9.60. The van der Waals surface area contributed by atoms with Crippen molar-refractivity contribution in [1.29, 1.82) is 0 Å². The Morgan fingerprint density at radius 1 is 1.10 bits per heavy atom. The number of hydrogen-bond donors (Lipinski definition) is 1. The van der Waals surface area contributed by atoms with E-state index in [9.17, 15) is 14.3 Å². The maximum atomic E-state index is 13.8. The smallest absolute Gasteiger partial charge is 0.344 e. The van der Waals surface area contributed by atoms with Gasteiger partial charge < -0.3 is 14.3 Å². The number of aliphatic hydroxyl groups is 1. The van der Waals surface area contributed by atoms with Gasteiger partial charge in [-0.25, -0.2) is 9.18 Å². The van der Waals surface area contributed by atoms with E-state index in [1.165, 1.54) is 0 Å². The van der Waals surface area contributed by atoms with Crippen LogP contribution in [0.5, 0.6) is 0 Å². The predicted octanol–water partition coefficient (Wildman–Crippen LogP) is 2.99. The van der Waals surface area contributed by atoms with Gasteiger partial charge in [-0.2, -0.15) is 0 Å². The summed E-state index contributed by atoms with van der Waals surface area (Å²) in [4.78, 5) is 11.5. The van der Waals surface area contributed by atoms with Crippen molar-refractivity contribution in [3.8, 4) is 0 Å². The second-order valence-electron chi connectivity index (χ2n) is 8.28. The number of carbonyl (C=O) groups excluding carboxylic acids is 1. The standard InChI is InChI=1S/C22H26FIO4Si/c1-22(2,3)29(15-10-6-4-7-11-15,16-12-8-5-9-13-16)27-14-17(24)20-19(25)18(23)21(26)28-20/h4-13,17-20,25H,14H2,1-3H3/t17-,18-,19+,20-/m1/s1. The first kappa shape index (κ1) is 22.4. The molecule has 1 saturated heterocycles. The van der Waals surface area contributed by atoms with E-state index in [4.69, 9.17) is 9.16 Å². The van der Waals surface area contributed by atoms with Crippen LogP contribution in [0.3, 0.4) is 0 Å². The van der Waals surface area contributed by atoms with Crippen LogP contribution in [0.25, 0.3) is 0 Å². The summed E-state index contributed by atoms with van der Waals surface area (Å²) in [7, 11) is -2.74. The molecule has 156 valence electrons. The van der Waals surface area contributed by atoms with Gasteiger partial charge in [-0.15, -0.1) is 0 Å². The molecule has 0 bridgehead atoms. The molecule has 0 aliphatic carbocycles. The maximum absolute atomic E-state index is 13.8. The lowest BCUT2D eigenvalue weighted by Crippen LogP contribution is -2.67. The number of esters is 1. The second kappa shape index (κ2) is 8.83. The van der Waals surface area contributed by atoms with E-state index in [0.29, 0.717) is 0 Å². The van der Waals surface area contributed by atoms with E-state index in [2.05, 4.69) is 67.6 Å². The minimum absolute atomic E-state index is 0.195. The van der Waals surface area contributed by atoms with Gasteiger partial charge in [0.15, 0.2) is 0 Å². The normalized spacial score (nSPS) is 23.7. The van der Waals surface area contributed by atoms with Gasteiger partial charge in [-0.3, -0.25) is 0 Å². The van der Waals surface area contributed by atoms with Crippen LogP contribution in [0.1, 0.15) is 20.8 Å². The summed E-state index contributed by atoms with van der Waals surface area (Å²) in [5, 5.41) is 12.1. The molecule has 3 rings (SSSR count). The number of alkyl halides is 2. The molecule has 0 unspecified atom stereocenters. The Morgan fingerprint density at radius 3 is 1.97 bits per heavy atom. The van der Waals surface area contributed by atoms with Gasteiger partial charge in [-0.1, -0.05) is 104 Å². The van der Waals surface area contributed by atoms with Crippen molar-refractivity contribution in [1.82, 2.24) is 0 Å². The number of ether oxygens (including phenoxy) is 1. The predicted molar refractivity (Wildman–Crippen MR) is 122 cm³/mol. The summed E-state index contributed by atoms with van der Waals surface area (Å²) >= 11 is 2.08. The Kier molecular flexibility index (Phi) is 6.82. The lowest BCUT2D eigenvalue weighted by atomic mass is 10.1. The molecule has 0 aromatic heterocycles. The molecule has 1 aliphatic rings. The highest BCUT2D eigenvalue weighted by Crippen LogP contribution is 2.37. The minimum Gasteiger partial charge on any atom is -0.456 e. The van der Waals surface area contributed by atoms with Gasteiger partial charge in [0.2, 0.25) is 6.17 Å². The van der Waals surface area contributed by atoms with Crippen molar-refractivity contribution in [3.05, 3.63) is 60.7 Å². The average Bonchev–Trinajstić information content (AvgIpc) is 2.96. The van der Waals surface area contributed by atoms with Crippen LogP contribution >= 0.6 is 22.6 Å². The largest absolute Gasteiger partial charge is 0.456 e. The van der Waals surface area contributed by atoms with E-state index in [0.717, 1.165) is 10.4 Å². The molecular weight excluding hydrogens is 502 g/mol. The first-order valence-electron chi connectivity index (χ1n) is 9.60. The molecule has 1 aliphatic heterocycles. The third-order valence-electron chi connectivity index (χ3n) is 5.35. The Bertz CT molecular complexity index is 788. The van der Waals surface area contributed by atoms with Crippen molar-refractivity contribution >= 4 is 47.3 Å². The summed E-state index contributed by atoms with van der Waals surface area (Å²) in [5.41, 5.74) is 0. The molecule has 0 saturated carbocycles. The molecule has 2 aromatic carbocycles. The number of hydrogen-bond acceptors (Lipinski definition) is 4. The van der Waals surface area contributed by atoms with Gasteiger partial charge in [0.25, 0.3) is 8.32 Å². The molecule has 1 fully saturated rings. The first-order chi connectivity index (χ1) is 13.7. The highest BCUT2D eigenvalue weighted by molar-refractivity contribution is 14.1. The molecule has 7 heteroatoms. The molecule has 0 radical (unpaired) electrons. The van der Waals surface area contributed by atoms with E-state index < -0.39 is 32.7 Å². The zero-order valence-corrected chi connectivity index (χ0v) is 19.9. The molecule has 0 amide bonds. The summed E-state index contributed by atoms with van der Waals surface area (Å²) in [5.74, 6) is -1.00. The van der Waals surface area contributed by atoms with Crippen molar-refractivity contribution in [3.63, 3.8) is 0 Å². The molecule has 1 heterocycles. The van der Waals surface area contributed by atoms with Gasteiger partial charge in [0.05, 0.1) is 10.5 Å². The Balaban J connectivity index is 1.97. The summed E-state index contributed by atoms with van der Waals surface area (Å²) < 4.78 is 25.2. The van der Waals surface area contributed by atoms with Crippen molar-refractivity contribution < 1.29 is 23.5 Å². The number of carbonyl (C=O) groups is 1. The minimum atomic E-state index is -2.74. The molecule has 4 nitrogen and oxygen atoms in total. The Labute approximate surface area is 185 Å². The molecule has 2 aromatic rings. The van der Waals surface area contributed by atoms with Gasteiger partial charge in [0, 0.05) is 0 Å². The van der Waals surface area contributed by atoms with Crippen LogP contribution < -0.4 is 10.4 Å². The number of halogens is 2. The highest BCUT2D eigenvalue weighted by Gasteiger charge is 2.52. The fraction of sp³-hybridized carbons (Fsp3) is 0.409. The second-order valence-corrected chi connectivity index (χ2v) is 14.2. The van der Waals surface area contributed by atoms with Crippen LogP contribution in [0, 0.1) is 0 Å². The first-order valence-corrected chi connectivity index (χ1v) is 12.8. The van der Waals surface area contributed by atoms with Crippen molar-refractivity contribution in [2.24, 2.45) is 0 Å². The van der Waals surface area contributed by atoms with Crippen molar-refractivity contribution in [2.75, 3.05) is 6.61 Å². The molecule has 4 atom stereocenters. The van der Waals surface area contributed by atoms with Crippen LogP contribution in [-0.4, -0.2) is 48.3 Å². The van der Waals surface area contributed by atoms with E-state index in [1.807, 2.05) is 36.4 Å². The Morgan fingerprint density at radius 2 is 1.59 bits per heavy atom. The van der Waals surface area contributed by atoms with Crippen LogP contribution in [-0.2, 0) is 14.0 Å². The van der Waals surface area contributed by atoms with E-state index in [1.54, 1.807) is 0 Å². The third kappa shape index (κ3) is 4.28. The van der Waals surface area contributed by atoms with E-state index in [-0.39, 0.29) is 15.6 Å². The monoisotopic (exact) mass is 528 g/mol. The third-order valence-corrected chi connectivity index (χ3v) is 11.4. The lowest BCUT2D eigenvalue weighted by Gasteiger charge is -2.43. The quantitative estimate of drug-likeness (QED) is 0.271. The van der Waals surface area contributed by atoms with Crippen LogP contribution in [0.4, 0.5) is 4.39 Å². The number of rotatable bonds is 6. The van der Waals surface area contributed by atoms with Gasteiger partial charge in [-0.05, 0) is 15.4 Å². The zero-order valence-electron chi connectivity index (χ0n) is 16.7. The topological polar surface area (TPSA) is 55.8 Å². The number of cyclic esters (lactones) is 1. The van der Waals surface area contributed by atoms with Crippen molar-refractivity contribution in [2.45, 2.75) is 48.1 Å². The van der Waals surface area contributed by atoms with Crippen LogP contribution in [0.15, 0.2) is 60.7 Å². The van der Waals surface area contributed by atoms with Crippen LogP contribution in [0.2, 0.25) is 5.04 Å². The summed E-state index contributed by atoms with van der Waals surface area (Å²) in [6.45, 7) is 6.74. The summed E-state index contributed by atoms with van der Waals surface area (Å²) in [6.07, 6.45) is -4.38. The SMILES string of the molecule is CC(C)(C)[Si](OC[C@@H](I)[C@H]1OC(=O)[C@H](F)[C@@H]1O)(c1ccccc1)c1ccccc1. The lowest BCUT2D eigenvalue weighted by molar-refractivity contribution is -0.144. The average molecular weight is 528 g/mol. The highest BCUT2D eigenvalue weighted by atomic mass is 127. The Hall–Kier alpha value is -1.29. The molecule has 1 N–H and O–H groups in total. The van der Waals surface area contributed by atoms with E-state index >= 15 is 0 Å². The molecular formula is C22H26FIO4Si.